The van der Waals surface area contributed by atoms with Crippen molar-refractivity contribution in [2.24, 2.45) is 5.41 Å². The van der Waals surface area contributed by atoms with Crippen molar-refractivity contribution < 1.29 is 5.11 Å². The van der Waals surface area contributed by atoms with Crippen LogP contribution in [-0.4, -0.2) is 29.2 Å². The quantitative estimate of drug-likeness (QED) is 0.644. The number of rotatable bonds is 1. The van der Waals surface area contributed by atoms with Crippen molar-refractivity contribution >= 4 is 0 Å². The fourth-order valence-electron chi connectivity index (χ4n) is 1.46. The summed E-state index contributed by atoms with van der Waals surface area (Å²) in [6.45, 7) is 12.2. The Hall–Kier alpha value is -0.500. The van der Waals surface area contributed by atoms with Crippen molar-refractivity contribution in [2.75, 3.05) is 13.1 Å². The van der Waals surface area contributed by atoms with Gasteiger partial charge in [0.1, 0.15) is 0 Å². The van der Waals surface area contributed by atoms with Gasteiger partial charge >= 0.3 is 0 Å². The van der Waals surface area contributed by atoms with E-state index in [-0.39, 0.29) is 11.5 Å². The predicted octanol–water partition coefficient (Wildman–Crippen LogP) is 1.61. The average molecular weight is 169 g/mol. The number of aliphatic hydroxyl groups excluding tert-OH is 1. The summed E-state index contributed by atoms with van der Waals surface area (Å²) in [5.41, 5.74) is 1.27. The van der Waals surface area contributed by atoms with Crippen LogP contribution < -0.4 is 0 Å². The minimum Gasteiger partial charge on any atom is -0.391 e. The first-order chi connectivity index (χ1) is 5.41. The monoisotopic (exact) mass is 169 g/mol. The summed E-state index contributed by atoms with van der Waals surface area (Å²) in [6.07, 6.45) is 0.735. The van der Waals surface area contributed by atoms with Crippen LogP contribution in [0.5, 0.6) is 0 Å². The smallest absolute Gasteiger partial charge is 0.0731 e. The SMILES string of the molecule is C=C(N1CC[C@@H](O)C1)C(C)(C)C. The van der Waals surface area contributed by atoms with E-state index < -0.39 is 0 Å². The van der Waals surface area contributed by atoms with Crippen LogP contribution in [0, 0.1) is 5.41 Å². The van der Waals surface area contributed by atoms with Crippen molar-refractivity contribution in [3.8, 4) is 0 Å². The molecule has 1 rings (SSSR count). The number of nitrogens with zero attached hydrogens (tertiary/aromatic N) is 1. The predicted molar refractivity (Wildman–Crippen MR) is 50.8 cm³/mol. The van der Waals surface area contributed by atoms with Crippen LogP contribution >= 0.6 is 0 Å². The van der Waals surface area contributed by atoms with Crippen LogP contribution in [-0.2, 0) is 0 Å². The van der Waals surface area contributed by atoms with E-state index in [1.165, 1.54) is 0 Å². The molecule has 1 N–H and O–H groups in total. The van der Waals surface area contributed by atoms with Crippen molar-refractivity contribution in [2.45, 2.75) is 33.3 Å². The molecule has 1 atom stereocenters. The van der Waals surface area contributed by atoms with Gasteiger partial charge in [0.05, 0.1) is 6.10 Å². The van der Waals surface area contributed by atoms with Crippen molar-refractivity contribution in [3.63, 3.8) is 0 Å². The Balaban J connectivity index is 2.55. The van der Waals surface area contributed by atoms with Crippen molar-refractivity contribution in [3.05, 3.63) is 12.3 Å². The van der Waals surface area contributed by atoms with E-state index in [1.54, 1.807) is 0 Å². The van der Waals surface area contributed by atoms with Gasteiger partial charge in [-0.3, -0.25) is 0 Å². The molecule has 1 aliphatic rings. The number of aliphatic hydroxyl groups is 1. The molecule has 0 amide bonds. The summed E-state index contributed by atoms with van der Waals surface area (Å²) in [5, 5.41) is 9.33. The van der Waals surface area contributed by atoms with Gasteiger partial charge in [0.25, 0.3) is 0 Å². The average Bonchev–Trinajstić information content (AvgIpc) is 2.32. The summed E-state index contributed by atoms with van der Waals surface area (Å²) in [6, 6.07) is 0. The van der Waals surface area contributed by atoms with Gasteiger partial charge in [-0.15, -0.1) is 0 Å². The maximum Gasteiger partial charge on any atom is 0.0731 e. The summed E-state index contributed by atoms with van der Waals surface area (Å²) >= 11 is 0. The van der Waals surface area contributed by atoms with Crippen LogP contribution in [0.4, 0.5) is 0 Å². The van der Waals surface area contributed by atoms with E-state index >= 15 is 0 Å². The lowest BCUT2D eigenvalue weighted by molar-refractivity contribution is 0.178. The zero-order valence-corrected chi connectivity index (χ0v) is 8.30. The number of β-amino-alcohol motifs (C(OH)–C–C–N with tert-alkyl or cyclic N) is 1. The normalized spacial score (nSPS) is 24.7. The van der Waals surface area contributed by atoms with Gasteiger partial charge in [-0.25, -0.2) is 0 Å². The van der Waals surface area contributed by atoms with Gasteiger partial charge in [-0.1, -0.05) is 27.4 Å². The first-order valence-electron chi connectivity index (χ1n) is 4.53. The lowest BCUT2D eigenvalue weighted by Crippen LogP contribution is -2.28. The third kappa shape index (κ3) is 2.01. The second-order valence-corrected chi connectivity index (χ2v) is 4.59. The topological polar surface area (TPSA) is 23.5 Å². The van der Waals surface area contributed by atoms with Gasteiger partial charge < -0.3 is 10.0 Å². The van der Waals surface area contributed by atoms with Crippen LogP contribution in [0.2, 0.25) is 0 Å². The molecule has 0 aromatic rings. The van der Waals surface area contributed by atoms with Crippen LogP contribution in [0.1, 0.15) is 27.2 Å². The van der Waals surface area contributed by atoms with E-state index in [1.807, 2.05) is 0 Å². The van der Waals surface area contributed by atoms with Gasteiger partial charge in [0.2, 0.25) is 0 Å². The second kappa shape index (κ2) is 3.09. The highest BCUT2D eigenvalue weighted by Gasteiger charge is 2.26. The zero-order valence-electron chi connectivity index (χ0n) is 8.30. The lowest BCUT2D eigenvalue weighted by atomic mass is 9.92. The van der Waals surface area contributed by atoms with Gasteiger partial charge in [-0.05, 0) is 6.42 Å². The Labute approximate surface area is 74.9 Å². The van der Waals surface area contributed by atoms with E-state index in [9.17, 15) is 5.11 Å². The molecule has 1 heterocycles. The molecule has 1 aliphatic heterocycles. The Morgan fingerprint density at radius 1 is 1.50 bits per heavy atom. The van der Waals surface area contributed by atoms with Crippen molar-refractivity contribution in [1.82, 2.24) is 4.90 Å². The molecular formula is C10H19NO. The van der Waals surface area contributed by atoms with E-state index in [0.29, 0.717) is 0 Å². The third-order valence-corrected chi connectivity index (χ3v) is 2.41. The Morgan fingerprint density at radius 2 is 2.08 bits per heavy atom. The molecule has 1 fully saturated rings. The zero-order chi connectivity index (χ0) is 9.35. The molecule has 2 heteroatoms. The number of allylic oxidation sites excluding steroid dienone is 1. The van der Waals surface area contributed by atoms with Gasteiger partial charge in [0.15, 0.2) is 0 Å². The van der Waals surface area contributed by atoms with Crippen LogP contribution in [0.3, 0.4) is 0 Å². The minimum atomic E-state index is -0.149. The minimum absolute atomic E-state index is 0.129. The summed E-state index contributed by atoms with van der Waals surface area (Å²) in [4.78, 5) is 2.19. The standard InChI is InChI=1S/C10H19NO/c1-8(10(2,3)4)11-6-5-9(12)7-11/h9,12H,1,5-7H2,2-4H3/t9-/m1/s1. The highest BCUT2D eigenvalue weighted by molar-refractivity contribution is 5.06. The Kier molecular flexibility index (Phi) is 2.47. The van der Waals surface area contributed by atoms with Gasteiger partial charge in [0, 0.05) is 24.2 Å². The molecule has 12 heavy (non-hydrogen) atoms. The fourth-order valence-corrected chi connectivity index (χ4v) is 1.46. The van der Waals surface area contributed by atoms with Crippen LogP contribution in [0.15, 0.2) is 12.3 Å². The maximum absolute atomic E-state index is 9.33. The van der Waals surface area contributed by atoms with E-state index in [4.69, 9.17) is 0 Å². The number of hydrogen-bond donors (Lipinski definition) is 1. The molecule has 0 aliphatic carbocycles. The second-order valence-electron chi connectivity index (χ2n) is 4.59. The van der Waals surface area contributed by atoms with E-state index in [2.05, 4.69) is 32.3 Å². The first-order valence-corrected chi connectivity index (χ1v) is 4.53. The molecule has 1 saturated heterocycles. The molecular weight excluding hydrogens is 150 g/mol. The van der Waals surface area contributed by atoms with Crippen LogP contribution in [0.25, 0.3) is 0 Å². The fraction of sp³-hybridized carbons (Fsp3) is 0.800. The molecule has 0 aromatic carbocycles. The Morgan fingerprint density at radius 3 is 2.42 bits per heavy atom. The third-order valence-electron chi connectivity index (χ3n) is 2.41. The largest absolute Gasteiger partial charge is 0.391 e. The van der Waals surface area contributed by atoms with Gasteiger partial charge in [-0.2, -0.15) is 0 Å². The van der Waals surface area contributed by atoms with E-state index in [0.717, 1.165) is 25.2 Å². The first kappa shape index (κ1) is 9.59. The summed E-state index contributed by atoms with van der Waals surface area (Å²) in [5.74, 6) is 0. The molecule has 0 unspecified atom stereocenters. The molecule has 0 aromatic heterocycles. The molecule has 70 valence electrons. The highest BCUT2D eigenvalue weighted by atomic mass is 16.3. The Bertz CT molecular complexity index is 181. The molecule has 0 saturated carbocycles. The van der Waals surface area contributed by atoms with Crippen molar-refractivity contribution in [1.29, 1.82) is 0 Å². The molecule has 0 radical (unpaired) electrons. The molecule has 0 spiro atoms. The number of hydrogen-bond acceptors (Lipinski definition) is 2. The highest BCUT2D eigenvalue weighted by Crippen LogP contribution is 2.29. The maximum atomic E-state index is 9.33. The summed E-state index contributed by atoms with van der Waals surface area (Å²) < 4.78 is 0. The molecule has 2 nitrogen and oxygen atoms in total. The molecule has 0 bridgehead atoms. The lowest BCUT2D eigenvalue weighted by Gasteiger charge is -2.30. The summed E-state index contributed by atoms with van der Waals surface area (Å²) in [7, 11) is 0. The number of likely N-dealkylation sites (tertiary alicyclic amines) is 1.